The van der Waals surface area contributed by atoms with Crippen molar-refractivity contribution in [3.8, 4) is 5.75 Å². The van der Waals surface area contributed by atoms with E-state index in [9.17, 15) is 9.59 Å². The Morgan fingerprint density at radius 2 is 2.03 bits per heavy atom. The first-order valence-electron chi connectivity index (χ1n) is 10.0. The van der Waals surface area contributed by atoms with Crippen molar-refractivity contribution in [2.24, 2.45) is 0 Å². The summed E-state index contributed by atoms with van der Waals surface area (Å²) in [6.07, 6.45) is 7.40. The van der Waals surface area contributed by atoms with E-state index in [1.807, 2.05) is 0 Å². The first-order chi connectivity index (χ1) is 14.0. The van der Waals surface area contributed by atoms with Crippen LogP contribution >= 0.6 is 27.3 Å². The summed E-state index contributed by atoms with van der Waals surface area (Å²) in [5, 5.41) is 3.47. The van der Waals surface area contributed by atoms with Crippen LogP contribution in [0.5, 0.6) is 5.75 Å². The minimum Gasteiger partial charge on any atom is -0.492 e. The van der Waals surface area contributed by atoms with Gasteiger partial charge in [-0.25, -0.2) is 4.79 Å². The highest BCUT2D eigenvalue weighted by Gasteiger charge is 2.28. The summed E-state index contributed by atoms with van der Waals surface area (Å²) in [7, 11) is 1.37. The topological polar surface area (TPSA) is 64.6 Å². The van der Waals surface area contributed by atoms with Gasteiger partial charge in [0, 0.05) is 10.4 Å². The van der Waals surface area contributed by atoms with Crippen molar-refractivity contribution in [3.05, 3.63) is 44.2 Å². The lowest BCUT2D eigenvalue weighted by Gasteiger charge is -2.10. The maximum atomic E-state index is 12.8. The summed E-state index contributed by atoms with van der Waals surface area (Å²) in [4.78, 5) is 26.2. The lowest BCUT2D eigenvalue weighted by Crippen LogP contribution is -2.14. The van der Waals surface area contributed by atoms with E-state index in [0.29, 0.717) is 22.7 Å². The van der Waals surface area contributed by atoms with Gasteiger partial charge in [0.1, 0.15) is 10.8 Å². The number of esters is 1. The predicted octanol–water partition coefficient (Wildman–Crippen LogP) is 6.00. The second-order valence-electron chi connectivity index (χ2n) is 7.06. The fourth-order valence-electron chi connectivity index (χ4n) is 3.46. The maximum Gasteiger partial charge on any atom is 0.341 e. The Balaban J connectivity index is 1.69. The highest BCUT2D eigenvalue weighted by atomic mass is 79.9. The number of unbranched alkanes of at least 4 members (excludes halogenated alkanes) is 3. The number of amides is 1. The van der Waals surface area contributed by atoms with E-state index in [4.69, 9.17) is 9.47 Å². The average molecular weight is 480 g/mol. The van der Waals surface area contributed by atoms with E-state index in [1.165, 1.54) is 31.3 Å². The third-order valence-corrected chi connectivity index (χ3v) is 6.81. The van der Waals surface area contributed by atoms with E-state index >= 15 is 0 Å². The van der Waals surface area contributed by atoms with Crippen molar-refractivity contribution in [2.45, 2.75) is 51.9 Å². The number of ether oxygens (including phenoxy) is 2. The molecule has 29 heavy (non-hydrogen) atoms. The number of aryl methyl sites for hydroxylation is 1. The average Bonchev–Trinajstić information content (AvgIpc) is 3.29. The molecule has 7 heteroatoms. The summed E-state index contributed by atoms with van der Waals surface area (Å²) < 4.78 is 11.5. The standard InChI is InChI=1S/C22H26BrNO4S/c1-3-4-5-6-12-28-17-11-10-14(13-16(17)23)20(25)24-21-19(22(26)27-2)15-8-7-9-18(15)29-21/h10-11,13H,3-9,12H2,1-2H3,(H,24,25). The molecule has 0 saturated heterocycles. The van der Waals surface area contributed by atoms with Gasteiger partial charge >= 0.3 is 5.97 Å². The number of methoxy groups -OCH3 is 1. The van der Waals surface area contributed by atoms with Crippen LogP contribution in [0.3, 0.4) is 0 Å². The van der Waals surface area contributed by atoms with Crippen LogP contribution in [-0.2, 0) is 17.6 Å². The number of hydrogen-bond donors (Lipinski definition) is 1. The monoisotopic (exact) mass is 479 g/mol. The third-order valence-electron chi connectivity index (χ3n) is 4.99. The van der Waals surface area contributed by atoms with E-state index < -0.39 is 5.97 Å². The molecule has 2 aromatic rings. The van der Waals surface area contributed by atoms with Gasteiger partial charge in [-0.2, -0.15) is 0 Å². The second kappa shape index (κ2) is 10.3. The molecule has 156 valence electrons. The summed E-state index contributed by atoms with van der Waals surface area (Å²) in [6, 6.07) is 5.28. The fraction of sp³-hybridized carbons (Fsp3) is 0.455. The van der Waals surface area contributed by atoms with Gasteiger partial charge in [-0.15, -0.1) is 11.3 Å². The van der Waals surface area contributed by atoms with Gasteiger partial charge < -0.3 is 14.8 Å². The fourth-order valence-corrected chi connectivity index (χ4v) is 5.22. The molecule has 0 bridgehead atoms. The number of rotatable bonds is 9. The van der Waals surface area contributed by atoms with Gasteiger partial charge in [-0.1, -0.05) is 26.2 Å². The van der Waals surface area contributed by atoms with E-state index in [2.05, 4.69) is 28.2 Å². The SMILES string of the molecule is CCCCCCOc1ccc(C(=O)Nc2sc3c(c2C(=O)OC)CCC3)cc1Br. The molecule has 1 heterocycles. The first kappa shape index (κ1) is 21.8. The highest BCUT2D eigenvalue weighted by molar-refractivity contribution is 9.10. The predicted molar refractivity (Wildman–Crippen MR) is 119 cm³/mol. The zero-order chi connectivity index (χ0) is 20.8. The molecule has 5 nitrogen and oxygen atoms in total. The molecule has 1 aliphatic rings. The van der Waals surface area contributed by atoms with Crippen molar-refractivity contribution < 1.29 is 19.1 Å². The van der Waals surface area contributed by atoms with Crippen LogP contribution in [0.15, 0.2) is 22.7 Å². The Kier molecular flexibility index (Phi) is 7.72. The number of anilines is 1. The minimum absolute atomic E-state index is 0.259. The molecule has 1 amide bonds. The number of thiophene rings is 1. The molecule has 0 spiro atoms. The summed E-state index contributed by atoms with van der Waals surface area (Å²) in [5.74, 6) is 0.0707. The maximum absolute atomic E-state index is 12.8. The van der Waals surface area contributed by atoms with E-state index in [1.54, 1.807) is 18.2 Å². The number of halogens is 1. The number of benzene rings is 1. The normalized spacial score (nSPS) is 12.5. The molecule has 3 rings (SSSR count). The molecule has 0 saturated carbocycles. The van der Waals surface area contributed by atoms with Gasteiger partial charge in [0.2, 0.25) is 0 Å². The summed E-state index contributed by atoms with van der Waals surface area (Å²) in [5.41, 5.74) is 2.02. The number of nitrogens with one attached hydrogen (secondary N) is 1. The van der Waals surface area contributed by atoms with Crippen LogP contribution in [0.25, 0.3) is 0 Å². The Morgan fingerprint density at radius 1 is 1.21 bits per heavy atom. The molecule has 1 N–H and O–H groups in total. The van der Waals surface area contributed by atoms with Gasteiger partial charge in [0.15, 0.2) is 0 Å². The molecule has 0 unspecified atom stereocenters. The first-order valence-corrected chi connectivity index (χ1v) is 11.6. The molecule has 1 aromatic heterocycles. The van der Waals surface area contributed by atoms with Gasteiger partial charge in [0.05, 0.1) is 23.8 Å². The second-order valence-corrected chi connectivity index (χ2v) is 9.02. The van der Waals surface area contributed by atoms with Gasteiger partial charge in [0.25, 0.3) is 5.91 Å². The summed E-state index contributed by atoms with van der Waals surface area (Å²) in [6.45, 7) is 2.84. The van der Waals surface area contributed by atoms with Gasteiger partial charge in [-0.05, 0) is 65.4 Å². The smallest absolute Gasteiger partial charge is 0.341 e. The molecule has 0 aliphatic heterocycles. The van der Waals surface area contributed by atoms with Crippen LogP contribution in [0.2, 0.25) is 0 Å². The molecule has 1 aromatic carbocycles. The lowest BCUT2D eigenvalue weighted by molar-refractivity contribution is 0.0601. The molecule has 0 atom stereocenters. The molecule has 0 fully saturated rings. The Hall–Kier alpha value is -1.86. The van der Waals surface area contributed by atoms with Crippen LogP contribution in [0.4, 0.5) is 5.00 Å². The van der Waals surface area contributed by atoms with Crippen LogP contribution < -0.4 is 10.1 Å². The molecule has 1 aliphatic carbocycles. The summed E-state index contributed by atoms with van der Waals surface area (Å²) >= 11 is 4.96. The largest absolute Gasteiger partial charge is 0.492 e. The van der Waals surface area contributed by atoms with Crippen LogP contribution in [-0.4, -0.2) is 25.6 Å². The minimum atomic E-state index is -0.396. The van der Waals surface area contributed by atoms with Crippen molar-refractivity contribution in [3.63, 3.8) is 0 Å². The van der Waals surface area contributed by atoms with Crippen molar-refractivity contribution in [1.29, 1.82) is 0 Å². The number of carbonyl (C=O) groups is 2. The van der Waals surface area contributed by atoms with Crippen LogP contribution in [0, 0.1) is 0 Å². The van der Waals surface area contributed by atoms with Crippen molar-refractivity contribution in [2.75, 3.05) is 19.0 Å². The zero-order valence-electron chi connectivity index (χ0n) is 16.8. The highest BCUT2D eigenvalue weighted by Crippen LogP contribution is 2.39. The number of hydrogen-bond acceptors (Lipinski definition) is 5. The van der Waals surface area contributed by atoms with Crippen molar-refractivity contribution >= 4 is 44.1 Å². The Bertz CT molecular complexity index is 893. The van der Waals surface area contributed by atoms with E-state index in [0.717, 1.165) is 52.8 Å². The molecular weight excluding hydrogens is 454 g/mol. The number of fused-ring (bicyclic) bond motifs is 1. The third kappa shape index (κ3) is 5.20. The lowest BCUT2D eigenvalue weighted by atomic mass is 10.1. The van der Waals surface area contributed by atoms with Crippen LogP contribution in [0.1, 0.15) is 70.2 Å². The van der Waals surface area contributed by atoms with E-state index in [-0.39, 0.29) is 5.91 Å². The molecular formula is C22H26BrNO4S. The zero-order valence-corrected chi connectivity index (χ0v) is 19.2. The Labute approximate surface area is 183 Å². The van der Waals surface area contributed by atoms with Crippen molar-refractivity contribution in [1.82, 2.24) is 0 Å². The quantitative estimate of drug-likeness (QED) is 0.353. The number of carbonyl (C=O) groups excluding carboxylic acids is 2. The Morgan fingerprint density at radius 3 is 2.76 bits per heavy atom. The molecule has 0 radical (unpaired) electrons. The van der Waals surface area contributed by atoms with Gasteiger partial charge in [-0.3, -0.25) is 4.79 Å².